The van der Waals surface area contributed by atoms with E-state index in [1.807, 2.05) is 18.2 Å². The van der Waals surface area contributed by atoms with Crippen LogP contribution in [0.5, 0.6) is 11.5 Å². The minimum Gasteiger partial charge on any atom is -0.457 e. The molecule has 0 unspecified atom stereocenters. The van der Waals surface area contributed by atoms with Crippen molar-refractivity contribution in [1.82, 2.24) is 4.31 Å². The lowest BCUT2D eigenvalue weighted by atomic mass is 10.2. The van der Waals surface area contributed by atoms with Crippen LogP contribution in [0.15, 0.2) is 119 Å². The van der Waals surface area contributed by atoms with Crippen LogP contribution in [0.2, 0.25) is 0 Å². The Morgan fingerprint density at radius 2 is 1.23 bits per heavy atom. The average molecular weight is 620 g/mol. The van der Waals surface area contributed by atoms with Crippen molar-refractivity contribution in [2.45, 2.75) is 35.5 Å². The molecule has 0 aromatic heterocycles. The molecule has 0 aliphatic carbocycles. The topological polar surface area (TPSA) is 113 Å². The van der Waals surface area contributed by atoms with Gasteiger partial charge in [0.25, 0.3) is 10.0 Å². The predicted octanol–water partition coefficient (Wildman–Crippen LogP) is 5.88. The molecule has 5 rings (SSSR count). The smallest absolute Gasteiger partial charge is 0.264 e. The Morgan fingerprint density at radius 3 is 1.84 bits per heavy atom. The summed E-state index contributed by atoms with van der Waals surface area (Å²) in [4.78, 5) is 13.4. The number of hydrogen-bond acceptors (Lipinski definition) is 6. The molecule has 0 spiro atoms. The summed E-state index contributed by atoms with van der Waals surface area (Å²) < 4.78 is 61.9. The van der Waals surface area contributed by atoms with E-state index in [1.165, 1.54) is 40.7 Å². The van der Waals surface area contributed by atoms with E-state index in [2.05, 4.69) is 5.32 Å². The monoisotopic (exact) mass is 619 g/mol. The van der Waals surface area contributed by atoms with E-state index in [-0.39, 0.29) is 15.5 Å². The summed E-state index contributed by atoms with van der Waals surface area (Å²) >= 11 is 0. The number of benzene rings is 4. The van der Waals surface area contributed by atoms with E-state index >= 15 is 0 Å². The van der Waals surface area contributed by atoms with Gasteiger partial charge in [0, 0.05) is 18.8 Å². The lowest BCUT2D eigenvalue weighted by Crippen LogP contribution is -2.38. The summed E-state index contributed by atoms with van der Waals surface area (Å²) in [6, 6.07) is 29.4. The second-order valence-electron chi connectivity index (χ2n) is 10.1. The van der Waals surface area contributed by atoms with Gasteiger partial charge in [-0.15, -0.1) is 0 Å². The number of ether oxygens (including phenoxy) is 1. The molecule has 4 aromatic carbocycles. The van der Waals surface area contributed by atoms with E-state index in [0.717, 1.165) is 30.0 Å². The zero-order chi connectivity index (χ0) is 30.3. The molecule has 0 radical (unpaired) electrons. The van der Waals surface area contributed by atoms with Gasteiger partial charge >= 0.3 is 0 Å². The zero-order valence-electron chi connectivity index (χ0n) is 23.5. The SMILES string of the molecule is O=C(CN(c1ccc(Oc2ccccc2)cc1)S(=O)(=O)c1ccccc1)Nc1ccc(S(=O)(=O)N2CCCCCC2)cc1. The largest absolute Gasteiger partial charge is 0.457 e. The van der Waals surface area contributed by atoms with Crippen LogP contribution in [0.1, 0.15) is 25.7 Å². The number of carbonyl (C=O) groups is 1. The van der Waals surface area contributed by atoms with Crippen LogP contribution < -0.4 is 14.4 Å². The van der Waals surface area contributed by atoms with Crippen molar-refractivity contribution in [3.63, 3.8) is 0 Å². The number of amides is 1. The molecule has 4 aromatic rings. The molecular formula is C32H33N3O6S2. The highest BCUT2D eigenvalue weighted by Crippen LogP contribution is 2.28. The molecule has 1 fully saturated rings. The van der Waals surface area contributed by atoms with Crippen molar-refractivity contribution < 1.29 is 26.4 Å². The standard InChI is InChI=1S/C32H33N3O6S2/c36-32(33-26-15-21-31(22-16-26)42(37,38)34-23-9-1-2-10-24-34)25-35(43(39,40)30-13-7-4-8-14-30)27-17-19-29(20-18-27)41-28-11-5-3-6-12-28/h3-8,11-22H,1-2,9-10,23-25H2,(H,33,36). The van der Waals surface area contributed by atoms with Gasteiger partial charge in [0.05, 0.1) is 15.5 Å². The fourth-order valence-electron chi connectivity index (χ4n) is 4.81. The average Bonchev–Trinajstić information content (AvgIpc) is 3.32. The lowest BCUT2D eigenvalue weighted by molar-refractivity contribution is -0.114. The summed E-state index contributed by atoms with van der Waals surface area (Å²) in [5, 5.41) is 2.70. The molecular weight excluding hydrogens is 587 g/mol. The van der Waals surface area contributed by atoms with Crippen molar-refractivity contribution in [3.8, 4) is 11.5 Å². The van der Waals surface area contributed by atoms with E-state index in [9.17, 15) is 21.6 Å². The van der Waals surface area contributed by atoms with Gasteiger partial charge in [0.2, 0.25) is 15.9 Å². The summed E-state index contributed by atoms with van der Waals surface area (Å²) in [5.74, 6) is 0.549. The van der Waals surface area contributed by atoms with Crippen LogP contribution in [0.4, 0.5) is 11.4 Å². The Hall–Kier alpha value is -4.19. The van der Waals surface area contributed by atoms with Crippen molar-refractivity contribution >= 4 is 37.3 Å². The Morgan fingerprint density at radius 1 is 0.674 bits per heavy atom. The van der Waals surface area contributed by atoms with Gasteiger partial charge in [-0.25, -0.2) is 16.8 Å². The van der Waals surface area contributed by atoms with Gasteiger partial charge in [0.1, 0.15) is 18.0 Å². The fourth-order valence-corrected chi connectivity index (χ4v) is 7.77. The maximum atomic E-state index is 13.7. The number of carbonyl (C=O) groups excluding carboxylic acids is 1. The van der Waals surface area contributed by atoms with Crippen LogP contribution >= 0.6 is 0 Å². The minimum atomic E-state index is -4.11. The van der Waals surface area contributed by atoms with Crippen LogP contribution in [-0.4, -0.2) is 46.7 Å². The summed E-state index contributed by atoms with van der Waals surface area (Å²) in [6.07, 6.45) is 3.69. The molecule has 1 heterocycles. The van der Waals surface area contributed by atoms with E-state index in [0.29, 0.717) is 30.3 Å². The molecule has 0 saturated carbocycles. The first-order valence-electron chi connectivity index (χ1n) is 14.0. The van der Waals surface area contributed by atoms with E-state index in [4.69, 9.17) is 4.74 Å². The number of para-hydroxylation sites is 1. The fraction of sp³-hybridized carbons (Fsp3) is 0.219. The van der Waals surface area contributed by atoms with Crippen molar-refractivity contribution in [3.05, 3.63) is 109 Å². The number of hydrogen-bond donors (Lipinski definition) is 1. The maximum Gasteiger partial charge on any atom is 0.264 e. The molecule has 9 nitrogen and oxygen atoms in total. The van der Waals surface area contributed by atoms with Crippen LogP contribution in [0, 0.1) is 0 Å². The summed E-state index contributed by atoms with van der Waals surface area (Å²) in [6.45, 7) is 0.474. The molecule has 1 saturated heterocycles. The third-order valence-corrected chi connectivity index (χ3v) is 10.8. The summed E-state index contributed by atoms with van der Waals surface area (Å²) in [5.41, 5.74) is 0.627. The highest BCUT2D eigenvalue weighted by Gasteiger charge is 2.28. The highest BCUT2D eigenvalue weighted by atomic mass is 32.2. The zero-order valence-corrected chi connectivity index (χ0v) is 25.1. The van der Waals surface area contributed by atoms with Gasteiger partial charge in [-0.2, -0.15) is 4.31 Å². The van der Waals surface area contributed by atoms with Crippen LogP contribution in [-0.2, 0) is 24.8 Å². The Balaban J connectivity index is 1.34. The number of nitrogens with one attached hydrogen (secondary N) is 1. The van der Waals surface area contributed by atoms with Gasteiger partial charge in [0.15, 0.2) is 0 Å². The normalized spacial score (nSPS) is 14.4. The second kappa shape index (κ2) is 13.4. The number of anilines is 2. The first kappa shape index (κ1) is 30.3. The van der Waals surface area contributed by atoms with Crippen molar-refractivity contribution in [1.29, 1.82) is 0 Å². The third-order valence-electron chi connectivity index (χ3n) is 7.06. The molecule has 1 aliphatic heterocycles. The molecule has 0 bridgehead atoms. The molecule has 43 heavy (non-hydrogen) atoms. The van der Waals surface area contributed by atoms with Crippen molar-refractivity contribution in [2.24, 2.45) is 0 Å². The lowest BCUT2D eigenvalue weighted by Gasteiger charge is -2.24. The summed E-state index contributed by atoms with van der Waals surface area (Å²) in [7, 11) is -7.74. The number of rotatable bonds is 10. The van der Waals surface area contributed by atoms with Gasteiger partial charge in [-0.05, 0) is 85.6 Å². The quantitative estimate of drug-likeness (QED) is 0.237. The molecule has 0 atom stereocenters. The Kier molecular flexibility index (Phi) is 9.44. The minimum absolute atomic E-state index is 0.0375. The van der Waals surface area contributed by atoms with Crippen LogP contribution in [0.3, 0.4) is 0 Å². The Bertz CT molecular complexity index is 1720. The molecule has 1 aliphatic rings. The molecule has 11 heteroatoms. The molecule has 1 amide bonds. The first-order chi connectivity index (χ1) is 20.7. The molecule has 224 valence electrons. The second-order valence-corrected chi connectivity index (χ2v) is 13.9. The van der Waals surface area contributed by atoms with Gasteiger partial charge < -0.3 is 10.1 Å². The Labute approximate surface area is 252 Å². The third kappa shape index (κ3) is 7.42. The van der Waals surface area contributed by atoms with E-state index < -0.39 is 32.5 Å². The van der Waals surface area contributed by atoms with Gasteiger partial charge in [-0.3, -0.25) is 9.10 Å². The number of nitrogens with zero attached hydrogens (tertiary/aromatic N) is 2. The van der Waals surface area contributed by atoms with E-state index in [1.54, 1.807) is 54.6 Å². The first-order valence-corrected chi connectivity index (χ1v) is 16.9. The highest BCUT2D eigenvalue weighted by molar-refractivity contribution is 7.92. The predicted molar refractivity (Wildman–Crippen MR) is 166 cm³/mol. The molecule has 1 N–H and O–H groups in total. The number of sulfonamides is 2. The maximum absolute atomic E-state index is 13.7. The van der Waals surface area contributed by atoms with Crippen LogP contribution in [0.25, 0.3) is 0 Å². The van der Waals surface area contributed by atoms with Gasteiger partial charge in [-0.1, -0.05) is 49.2 Å². The van der Waals surface area contributed by atoms with Crippen molar-refractivity contribution in [2.75, 3.05) is 29.3 Å².